The van der Waals surface area contributed by atoms with E-state index in [2.05, 4.69) is 0 Å². The van der Waals surface area contributed by atoms with Gasteiger partial charge in [-0.15, -0.1) is 0 Å². The topological polar surface area (TPSA) is 26.3 Å². The van der Waals surface area contributed by atoms with Crippen LogP contribution in [-0.4, -0.2) is 15.5 Å². The van der Waals surface area contributed by atoms with Crippen molar-refractivity contribution in [3.05, 3.63) is 0 Å². The summed E-state index contributed by atoms with van der Waals surface area (Å²) < 4.78 is 15.8. The zero-order valence-electron chi connectivity index (χ0n) is 5.23. The van der Waals surface area contributed by atoms with Crippen LogP contribution in [0, 0.1) is 0 Å². The Morgan fingerprint density at radius 1 is 1.62 bits per heavy atom. The molecule has 8 heavy (non-hydrogen) atoms. The van der Waals surface area contributed by atoms with E-state index in [1.807, 2.05) is 13.8 Å². The van der Waals surface area contributed by atoms with Gasteiger partial charge in [0.2, 0.25) is 0 Å². The summed E-state index contributed by atoms with van der Waals surface area (Å²) in [5, 5.41) is -0.0231. The van der Waals surface area contributed by atoms with Crippen molar-refractivity contribution in [2.75, 3.05) is 6.61 Å². The van der Waals surface area contributed by atoms with Gasteiger partial charge in [-0.25, -0.2) is 0 Å². The minimum atomic E-state index is -1.68. The standard InChI is InChI=1S/C5H10O2Si/c1-5(2)3-4-7-8(5)6/h3-4H2,1-2H3. The van der Waals surface area contributed by atoms with Crippen LogP contribution in [0.2, 0.25) is 5.04 Å². The molecule has 2 nitrogen and oxygen atoms in total. The molecular formula is C5H10O2Si. The van der Waals surface area contributed by atoms with Crippen molar-refractivity contribution in [2.45, 2.75) is 25.3 Å². The van der Waals surface area contributed by atoms with Crippen LogP contribution in [0.3, 0.4) is 0 Å². The fourth-order valence-electron chi connectivity index (χ4n) is 0.696. The second kappa shape index (κ2) is 1.65. The van der Waals surface area contributed by atoms with E-state index in [1.54, 1.807) is 0 Å². The summed E-state index contributed by atoms with van der Waals surface area (Å²) in [7, 11) is -1.68. The summed E-state index contributed by atoms with van der Waals surface area (Å²) in [4.78, 5) is 0. The molecule has 0 aromatic rings. The highest BCUT2D eigenvalue weighted by Crippen LogP contribution is 2.34. The Hall–Kier alpha value is -0.183. The zero-order valence-corrected chi connectivity index (χ0v) is 6.23. The molecule has 0 spiro atoms. The first-order valence-electron chi connectivity index (χ1n) is 2.80. The summed E-state index contributed by atoms with van der Waals surface area (Å²) in [6.07, 6.45) is 0.949. The molecule has 3 heteroatoms. The third-order valence-electron chi connectivity index (χ3n) is 1.51. The maximum Gasteiger partial charge on any atom is 0.508 e. The second-order valence-electron chi connectivity index (χ2n) is 2.77. The molecule has 0 amide bonds. The van der Waals surface area contributed by atoms with Gasteiger partial charge in [-0.05, 0) is 6.42 Å². The molecule has 0 aromatic carbocycles. The summed E-state index contributed by atoms with van der Waals surface area (Å²) in [5.41, 5.74) is 0. The number of hydrogen-bond acceptors (Lipinski definition) is 2. The maximum absolute atomic E-state index is 10.9. The molecule has 0 atom stereocenters. The fourth-order valence-corrected chi connectivity index (χ4v) is 1.68. The van der Waals surface area contributed by atoms with Gasteiger partial charge in [-0.2, -0.15) is 0 Å². The van der Waals surface area contributed by atoms with Crippen LogP contribution >= 0.6 is 0 Å². The molecule has 0 bridgehead atoms. The molecule has 1 aliphatic heterocycles. The SMILES string of the molecule is CC1(C)CCO[Si]1=O. The molecule has 1 saturated heterocycles. The zero-order chi connectivity index (χ0) is 6.20. The van der Waals surface area contributed by atoms with Crippen molar-refractivity contribution in [1.29, 1.82) is 0 Å². The van der Waals surface area contributed by atoms with Crippen molar-refractivity contribution in [3.8, 4) is 0 Å². The highest BCUT2D eigenvalue weighted by Gasteiger charge is 2.37. The Bertz CT molecular complexity index is 120. The monoisotopic (exact) mass is 130 g/mol. The van der Waals surface area contributed by atoms with Crippen molar-refractivity contribution >= 4 is 8.93 Å². The Kier molecular flexibility index (Phi) is 1.23. The van der Waals surface area contributed by atoms with Gasteiger partial charge in [0.1, 0.15) is 0 Å². The molecule has 1 heterocycles. The molecule has 1 rings (SSSR count). The fraction of sp³-hybridized carbons (Fsp3) is 1.00. The van der Waals surface area contributed by atoms with E-state index in [1.165, 1.54) is 0 Å². The summed E-state index contributed by atoms with van der Waals surface area (Å²) in [6.45, 7) is 4.66. The lowest BCUT2D eigenvalue weighted by Crippen LogP contribution is -2.12. The number of rotatable bonds is 0. The first-order chi connectivity index (χ1) is 3.63. The summed E-state index contributed by atoms with van der Waals surface area (Å²) in [5.74, 6) is 0. The van der Waals surface area contributed by atoms with Gasteiger partial charge in [-0.1, -0.05) is 13.8 Å². The Morgan fingerprint density at radius 3 is 2.38 bits per heavy atom. The molecule has 0 radical (unpaired) electrons. The summed E-state index contributed by atoms with van der Waals surface area (Å²) >= 11 is 0. The van der Waals surface area contributed by atoms with Crippen LogP contribution in [0.1, 0.15) is 20.3 Å². The van der Waals surface area contributed by atoms with Gasteiger partial charge in [0, 0.05) is 5.04 Å². The van der Waals surface area contributed by atoms with Gasteiger partial charge in [0.05, 0.1) is 6.61 Å². The third kappa shape index (κ3) is 0.822. The van der Waals surface area contributed by atoms with E-state index in [0.29, 0.717) is 6.61 Å². The van der Waals surface area contributed by atoms with Gasteiger partial charge in [-0.3, -0.25) is 0 Å². The van der Waals surface area contributed by atoms with Crippen LogP contribution in [0.4, 0.5) is 0 Å². The molecule has 0 unspecified atom stereocenters. The van der Waals surface area contributed by atoms with E-state index in [0.717, 1.165) is 6.42 Å². The molecular weight excluding hydrogens is 120 g/mol. The number of hydrogen-bond donors (Lipinski definition) is 0. The molecule has 0 aromatic heterocycles. The van der Waals surface area contributed by atoms with Gasteiger partial charge >= 0.3 is 8.93 Å². The van der Waals surface area contributed by atoms with Crippen LogP contribution < -0.4 is 0 Å². The molecule has 1 aliphatic rings. The van der Waals surface area contributed by atoms with Crippen molar-refractivity contribution in [2.24, 2.45) is 0 Å². The molecule has 1 fully saturated rings. The average molecular weight is 130 g/mol. The maximum atomic E-state index is 10.9. The average Bonchev–Trinajstić information content (AvgIpc) is 1.86. The van der Waals surface area contributed by atoms with Crippen molar-refractivity contribution < 1.29 is 8.89 Å². The van der Waals surface area contributed by atoms with Gasteiger partial charge < -0.3 is 8.89 Å². The minimum Gasteiger partial charge on any atom is -0.524 e. The van der Waals surface area contributed by atoms with Crippen LogP contribution in [0.15, 0.2) is 0 Å². The Morgan fingerprint density at radius 2 is 2.25 bits per heavy atom. The smallest absolute Gasteiger partial charge is 0.508 e. The molecule has 0 N–H and O–H groups in total. The largest absolute Gasteiger partial charge is 0.524 e. The van der Waals surface area contributed by atoms with E-state index >= 15 is 0 Å². The highest BCUT2D eigenvalue weighted by atomic mass is 28.3. The highest BCUT2D eigenvalue weighted by molar-refractivity contribution is 6.40. The van der Waals surface area contributed by atoms with Crippen molar-refractivity contribution in [1.82, 2.24) is 0 Å². The lowest BCUT2D eigenvalue weighted by atomic mass is 10.1. The predicted octanol–water partition coefficient (Wildman–Crippen LogP) is 1.11. The Balaban J connectivity index is 2.68. The quantitative estimate of drug-likeness (QED) is 0.459. The van der Waals surface area contributed by atoms with E-state index in [9.17, 15) is 4.46 Å². The first kappa shape index (κ1) is 5.94. The molecule has 0 aliphatic carbocycles. The van der Waals surface area contributed by atoms with Gasteiger partial charge in [0.15, 0.2) is 0 Å². The van der Waals surface area contributed by atoms with Crippen LogP contribution in [0.5, 0.6) is 0 Å². The van der Waals surface area contributed by atoms with Crippen LogP contribution in [0.25, 0.3) is 0 Å². The van der Waals surface area contributed by atoms with Crippen LogP contribution in [-0.2, 0) is 8.89 Å². The Labute approximate surface area is 50.6 Å². The second-order valence-corrected chi connectivity index (χ2v) is 4.99. The lowest BCUT2D eigenvalue weighted by Gasteiger charge is -2.06. The minimum absolute atomic E-state index is 0.0231. The molecule has 46 valence electrons. The lowest BCUT2D eigenvalue weighted by molar-refractivity contribution is 0.329. The van der Waals surface area contributed by atoms with E-state index in [-0.39, 0.29) is 5.04 Å². The normalized spacial score (nSPS) is 25.5. The van der Waals surface area contributed by atoms with Gasteiger partial charge in [0.25, 0.3) is 0 Å². The predicted molar refractivity (Wildman–Crippen MR) is 31.1 cm³/mol. The third-order valence-corrected chi connectivity index (χ3v) is 3.33. The first-order valence-corrected chi connectivity index (χ1v) is 4.12. The van der Waals surface area contributed by atoms with E-state index in [4.69, 9.17) is 4.43 Å². The summed E-state index contributed by atoms with van der Waals surface area (Å²) in [6, 6.07) is 0. The molecule has 0 saturated carbocycles. The van der Waals surface area contributed by atoms with Crippen molar-refractivity contribution in [3.63, 3.8) is 0 Å². The van der Waals surface area contributed by atoms with E-state index < -0.39 is 8.93 Å².